The number of amides is 1. The van der Waals surface area contributed by atoms with E-state index in [1.54, 1.807) is 18.2 Å². The van der Waals surface area contributed by atoms with E-state index in [2.05, 4.69) is 38.5 Å². The van der Waals surface area contributed by atoms with Crippen LogP contribution in [0.1, 0.15) is 23.4 Å². The number of rotatable bonds is 6. The Hall–Kier alpha value is -3.36. The van der Waals surface area contributed by atoms with Gasteiger partial charge < -0.3 is 9.72 Å². The largest absolute Gasteiger partial charge is 0.364 e. The fourth-order valence-corrected chi connectivity index (χ4v) is 4.53. The zero-order valence-corrected chi connectivity index (χ0v) is 17.5. The first-order valence-corrected chi connectivity index (χ1v) is 11.0. The smallest absolute Gasteiger partial charge is 0.258 e. The fraction of sp³-hybridized carbons (Fsp3) is 0.217. The number of ether oxygens (including phenoxy) is 1. The van der Waals surface area contributed by atoms with Crippen LogP contribution in [0.15, 0.2) is 52.6 Å². The lowest BCUT2D eigenvalue weighted by Gasteiger charge is -2.05. The van der Waals surface area contributed by atoms with Gasteiger partial charge in [0, 0.05) is 10.9 Å². The number of anilines is 1. The maximum absolute atomic E-state index is 12.2. The molecule has 1 aliphatic carbocycles. The number of aromatic amines is 1. The molecular weight excluding hydrogens is 412 g/mol. The van der Waals surface area contributed by atoms with Crippen LogP contribution >= 0.6 is 11.3 Å². The molecule has 2 N–H and O–H groups in total. The number of aryl methyl sites for hydroxylation is 2. The molecule has 8 heteroatoms. The van der Waals surface area contributed by atoms with Crippen LogP contribution < -0.4 is 10.9 Å². The summed E-state index contributed by atoms with van der Waals surface area (Å²) in [4.78, 5) is 35.9. The van der Waals surface area contributed by atoms with Gasteiger partial charge >= 0.3 is 0 Å². The van der Waals surface area contributed by atoms with Gasteiger partial charge in [-0.05, 0) is 48.6 Å². The molecule has 2 heterocycles. The Morgan fingerprint density at radius 1 is 1.13 bits per heavy atom. The molecule has 5 rings (SSSR count). The second-order valence-electron chi connectivity index (χ2n) is 7.45. The molecule has 0 radical (unpaired) electrons. The van der Waals surface area contributed by atoms with Crippen molar-refractivity contribution in [1.29, 1.82) is 0 Å². The average Bonchev–Trinajstić information content (AvgIpc) is 3.42. The quantitative estimate of drug-likeness (QED) is 0.484. The van der Waals surface area contributed by atoms with E-state index in [1.807, 2.05) is 11.4 Å². The number of carbonyl (C=O) groups excluding carboxylic acids is 1. The Kier molecular flexibility index (Phi) is 5.31. The highest BCUT2D eigenvalue weighted by Crippen LogP contribution is 2.30. The molecule has 2 aromatic heterocycles. The van der Waals surface area contributed by atoms with Gasteiger partial charge in [0.25, 0.3) is 11.5 Å². The molecular formula is C23H20N4O3S. The van der Waals surface area contributed by atoms with Crippen LogP contribution in [0.3, 0.4) is 0 Å². The van der Waals surface area contributed by atoms with Crippen molar-refractivity contribution in [3.05, 3.63) is 75.1 Å². The molecule has 4 aromatic rings. The van der Waals surface area contributed by atoms with Crippen LogP contribution in [0.5, 0.6) is 0 Å². The normalized spacial score (nSPS) is 12.8. The van der Waals surface area contributed by atoms with Crippen molar-refractivity contribution in [2.45, 2.75) is 25.9 Å². The second kappa shape index (κ2) is 8.41. The van der Waals surface area contributed by atoms with Crippen molar-refractivity contribution >= 4 is 33.3 Å². The second-order valence-corrected chi connectivity index (χ2v) is 8.30. The molecule has 31 heavy (non-hydrogen) atoms. The SMILES string of the molecule is O=C(COCc1nc2ccccc2c(=O)[nH]1)Nc1nc(-c2ccc3c(c2)CCC3)cs1. The van der Waals surface area contributed by atoms with Gasteiger partial charge in [-0.2, -0.15) is 0 Å². The molecule has 0 saturated carbocycles. The van der Waals surface area contributed by atoms with Gasteiger partial charge in [0.1, 0.15) is 19.0 Å². The first kappa shape index (κ1) is 19.6. The summed E-state index contributed by atoms with van der Waals surface area (Å²) in [7, 11) is 0. The van der Waals surface area contributed by atoms with Crippen LogP contribution in [0.4, 0.5) is 5.13 Å². The van der Waals surface area contributed by atoms with Gasteiger partial charge in [0.15, 0.2) is 5.13 Å². The van der Waals surface area contributed by atoms with Gasteiger partial charge in [0.05, 0.1) is 16.6 Å². The van der Waals surface area contributed by atoms with Crippen molar-refractivity contribution in [1.82, 2.24) is 15.0 Å². The number of thiazole rings is 1. The third-order valence-electron chi connectivity index (χ3n) is 5.28. The highest BCUT2D eigenvalue weighted by molar-refractivity contribution is 7.14. The third-order valence-corrected chi connectivity index (χ3v) is 6.04. The molecule has 1 amide bonds. The van der Waals surface area contributed by atoms with Crippen molar-refractivity contribution in [2.75, 3.05) is 11.9 Å². The Morgan fingerprint density at radius 2 is 2.00 bits per heavy atom. The van der Waals surface area contributed by atoms with Crippen LogP contribution in [0.2, 0.25) is 0 Å². The van der Waals surface area contributed by atoms with E-state index in [-0.39, 0.29) is 24.7 Å². The molecule has 0 fully saturated rings. The Labute approximate surface area is 182 Å². The van der Waals surface area contributed by atoms with Crippen LogP contribution in [0.25, 0.3) is 22.2 Å². The standard InChI is InChI=1S/C23H20N4O3S/c28-21(12-30-11-20-24-18-7-2-1-6-17(18)22(29)26-20)27-23-25-19(13-31-23)16-9-8-14-4-3-5-15(14)10-16/h1-2,6-10,13H,3-5,11-12H2,(H,24,26,29)(H,25,27,28). The summed E-state index contributed by atoms with van der Waals surface area (Å²) in [5.74, 6) is 0.0719. The number of nitrogens with zero attached hydrogens (tertiary/aromatic N) is 2. The molecule has 7 nitrogen and oxygen atoms in total. The van der Waals surface area contributed by atoms with Crippen LogP contribution in [-0.4, -0.2) is 27.5 Å². The highest BCUT2D eigenvalue weighted by Gasteiger charge is 2.14. The lowest BCUT2D eigenvalue weighted by atomic mass is 10.1. The molecule has 0 bridgehead atoms. The van der Waals surface area contributed by atoms with E-state index in [4.69, 9.17) is 4.74 Å². The number of nitrogens with one attached hydrogen (secondary N) is 2. The summed E-state index contributed by atoms with van der Waals surface area (Å²) >= 11 is 1.38. The van der Waals surface area contributed by atoms with E-state index in [1.165, 1.54) is 28.9 Å². The average molecular weight is 433 g/mol. The Balaban J connectivity index is 1.18. The minimum absolute atomic E-state index is 0.0335. The summed E-state index contributed by atoms with van der Waals surface area (Å²) in [6, 6.07) is 13.5. The van der Waals surface area contributed by atoms with Gasteiger partial charge in [0.2, 0.25) is 0 Å². The van der Waals surface area contributed by atoms with Gasteiger partial charge in [-0.1, -0.05) is 24.3 Å². The summed E-state index contributed by atoms with van der Waals surface area (Å²) in [5.41, 5.74) is 5.11. The fourth-order valence-electron chi connectivity index (χ4n) is 3.79. The summed E-state index contributed by atoms with van der Waals surface area (Å²) in [5, 5.41) is 5.75. The van der Waals surface area contributed by atoms with Crippen LogP contribution in [-0.2, 0) is 29.0 Å². The number of H-pyrrole nitrogens is 1. The first-order valence-electron chi connectivity index (χ1n) is 10.1. The lowest BCUT2D eigenvalue weighted by Crippen LogP contribution is -2.19. The van der Waals surface area contributed by atoms with Crippen molar-refractivity contribution in [3.63, 3.8) is 0 Å². The molecule has 0 unspecified atom stereocenters. The van der Waals surface area contributed by atoms with Gasteiger partial charge in [-0.3, -0.25) is 14.9 Å². The van der Waals surface area contributed by atoms with E-state index < -0.39 is 0 Å². The maximum atomic E-state index is 12.2. The number of para-hydroxylation sites is 1. The minimum atomic E-state index is -0.307. The van der Waals surface area contributed by atoms with Gasteiger partial charge in [-0.15, -0.1) is 11.3 Å². The number of carbonyl (C=O) groups is 1. The topological polar surface area (TPSA) is 97.0 Å². The first-order chi connectivity index (χ1) is 15.2. The lowest BCUT2D eigenvalue weighted by molar-refractivity contribution is -0.121. The molecule has 0 atom stereocenters. The Bertz CT molecular complexity index is 1330. The molecule has 2 aromatic carbocycles. The predicted octanol–water partition coefficient (Wildman–Crippen LogP) is 3.69. The molecule has 0 aliphatic heterocycles. The number of benzene rings is 2. The molecule has 156 valence electrons. The zero-order valence-electron chi connectivity index (χ0n) is 16.7. The van der Waals surface area contributed by atoms with Gasteiger partial charge in [-0.25, -0.2) is 9.97 Å². The number of hydrogen-bond donors (Lipinski definition) is 2. The van der Waals surface area contributed by atoms with Crippen molar-refractivity contribution < 1.29 is 9.53 Å². The van der Waals surface area contributed by atoms with Crippen LogP contribution in [0, 0.1) is 0 Å². The van der Waals surface area contributed by atoms with E-state index >= 15 is 0 Å². The van der Waals surface area contributed by atoms with E-state index in [0.29, 0.717) is 21.9 Å². The van der Waals surface area contributed by atoms with E-state index in [0.717, 1.165) is 24.1 Å². The molecule has 1 aliphatic rings. The molecule has 0 saturated heterocycles. The van der Waals surface area contributed by atoms with E-state index in [9.17, 15) is 9.59 Å². The maximum Gasteiger partial charge on any atom is 0.258 e. The van der Waals surface area contributed by atoms with Crippen molar-refractivity contribution in [3.8, 4) is 11.3 Å². The third kappa shape index (κ3) is 4.26. The summed E-state index contributed by atoms with van der Waals surface area (Å²) < 4.78 is 5.43. The van der Waals surface area contributed by atoms with Crippen molar-refractivity contribution in [2.24, 2.45) is 0 Å². The summed E-state index contributed by atoms with van der Waals surface area (Å²) in [6.07, 6.45) is 3.47. The minimum Gasteiger partial charge on any atom is -0.364 e. The summed E-state index contributed by atoms with van der Waals surface area (Å²) in [6.45, 7) is -0.129. The highest BCUT2D eigenvalue weighted by atomic mass is 32.1. The number of hydrogen-bond acceptors (Lipinski definition) is 6. The number of aromatic nitrogens is 3. The Morgan fingerprint density at radius 3 is 2.94 bits per heavy atom. The zero-order chi connectivity index (χ0) is 21.2. The molecule has 0 spiro atoms. The predicted molar refractivity (Wildman–Crippen MR) is 120 cm³/mol. The number of fused-ring (bicyclic) bond motifs is 2. The monoisotopic (exact) mass is 432 g/mol.